The molecule has 2 aromatic rings. The van der Waals surface area contributed by atoms with Crippen molar-refractivity contribution in [3.63, 3.8) is 0 Å². The molecule has 1 fully saturated rings. The fourth-order valence-corrected chi connectivity index (χ4v) is 2.59. The van der Waals surface area contributed by atoms with E-state index in [2.05, 4.69) is 43.1 Å². The SMILES string of the molecule is COCCCc1nnc2cc(N3CCNCC3)ccn12. The van der Waals surface area contributed by atoms with E-state index in [-0.39, 0.29) is 0 Å². The molecular formula is C14H21N5O. The molecule has 0 aromatic carbocycles. The fourth-order valence-electron chi connectivity index (χ4n) is 2.59. The van der Waals surface area contributed by atoms with Gasteiger partial charge in [0.1, 0.15) is 5.82 Å². The molecule has 0 spiro atoms. The molecule has 1 saturated heterocycles. The molecule has 0 unspecified atom stereocenters. The molecule has 6 heteroatoms. The van der Waals surface area contributed by atoms with Crippen LogP contribution in [0.3, 0.4) is 0 Å². The Morgan fingerprint density at radius 1 is 1.30 bits per heavy atom. The molecule has 1 aliphatic rings. The van der Waals surface area contributed by atoms with Crippen molar-refractivity contribution in [1.29, 1.82) is 0 Å². The van der Waals surface area contributed by atoms with Crippen molar-refractivity contribution in [2.24, 2.45) is 0 Å². The van der Waals surface area contributed by atoms with E-state index in [0.717, 1.165) is 57.1 Å². The average molecular weight is 275 g/mol. The summed E-state index contributed by atoms with van der Waals surface area (Å²) < 4.78 is 7.15. The second-order valence-corrected chi connectivity index (χ2v) is 5.06. The summed E-state index contributed by atoms with van der Waals surface area (Å²) in [6, 6.07) is 4.28. The second kappa shape index (κ2) is 6.19. The van der Waals surface area contributed by atoms with Gasteiger partial charge in [-0.3, -0.25) is 4.40 Å². The summed E-state index contributed by atoms with van der Waals surface area (Å²) in [6.45, 7) is 4.93. The third kappa shape index (κ3) is 2.76. The molecule has 0 amide bonds. The highest BCUT2D eigenvalue weighted by atomic mass is 16.5. The first-order valence-electron chi connectivity index (χ1n) is 7.17. The summed E-state index contributed by atoms with van der Waals surface area (Å²) >= 11 is 0. The van der Waals surface area contributed by atoms with Gasteiger partial charge in [-0.25, -0.2) is 0 Å². The summed E-state index contributed by atoms with van der Waals surface area (Å²) in [5, 5.41) is 11.9. The molecule has 3 heterocycles. The molecular weight excluding hydrogens is 254 g/mol. The normalized spacial score (nSPS) is 15.9. The van der Waals surface area contributed by atoms with Crippen molar-refractivity contribution in [2.45, 2.75) is 12.8 Å². The van der Waals surface area contributed by atoms with Gasteiger partial charge < -0.3 is 15.0 Å². The van der Waals surface area contributed by atoms with Gasteiger partial charge in [-0.15, -0.1) is 10.2 Å². The molecule has 108 valence electrons. The lowest BCUT2D eigenvalue weighted by atomic mass is 10.3. The van der Waals surface area contributed by atoms with Gasteiger partial charge in [-0.05, 0) is 12.5 Å². The number of nitrogens with one attached hydrogen (secondary N) is 1. The zero-order valence-electron chi connectivity index (χ0n) is 11.9. The first-order valence-corrected chi connectivity index (χ1v) is 7.17. The maximum Gasteiger partial charge on any atom is 0.162 e. The molecule has 2 aromatic heterocycles. The van der Waals surface area contributed by atoms with E-state index in [1.54, 1.807) is 7.11 Å². The third-order valence-corrected chi connectivity index (χ3v) is 3.70. The molecule has 20 heavy (non-hydrogen) atoms. The van der Waals surface area contributed by atoms with Gasteiger partial charge in [-0.1, -0.05) is 0 Å². The summed E-state index contributed by atoms with van der Waals surface area (Å²) in [7, 11) is 1.72. The van der Waals surface area contributed by atoms with Crippen LogP contribution in [-0.4, -0.2) is 54.5 Å². The topological polar surface area (TPSA) is 54.7 Å². The van der Waals surface area contributed by atoms with Crippen LogP contribution in [0.2, 0.25) is 0 Å². The van der Waals surface area contributed by atoms with Crippen LogP contribution in [0.1, 0.15) is 12.2 Å². The van der Waals surface area contributed by atoms with Gasteiger partial charge >= 0.3 is 0 Å². The van der Waals surface area contributed by atoms with Gasteiger partial charge in [0.25, 0.3) is 0 Å². The Kier molecular flexibility index (Phi) is 4.13. The largest absolute Gasteiger partial charge is 0.385 e. The van der Waals surface area contributed by atoms with Crippen LogP contribution >= 0.6 is 0 Å². The monoisotopic (exact) mass is 275 g/mol. The minimum Gasteiger partial charge on any atom is -0.385 e. The smallest absolute Gasteiger partial charge is 0.162 e. The Hall–Kier alpha value is -1.66. The van der Waals surface area contributed by atoms with Crippen LogP contribution in [0.4, 0.5) is 5.69 Å². The first-order chi connectivity index (χ1) is 9.88. The van der Waals surface area contributed by atoms with Crippen molar-refractivity contribution < 1.29 is 4.74 Å². The second-order valence-electron chi connectivity index (χ2n) is 5.06. The summed E-state index contributed by atoms with van der Waals surface area (Å²) in [5.74, 6) is 1.00. The third-order valence-electron chi connectivity index (χ3n) is 3.70. The Morgan fingerprint density at radius 3 is 2.95 bits per heavy atom. The molecule has 0 bridgehead atoms. The Labute approximate surface area is 118 Å². The maximum atomic E-state index is 5.08. The molecule has 0 radical (unpaired) electrons. The Bertz CT molecular complexity index is 562. The molecule has 0 aliphatic carbocycles. The number of hydrogen-bond acceptors (Lipinski definition) is 5. The number of nitrogens with zero attached hydrogens (tertiary/aromatic N) is 4. The van der Waals surface area contributed by atoms with Gasteiger partial charge in [0.05, 0.1) is 0 Å². The number of hydrogen-bond donors (Lipinski definition) is 1. The van der Waals surface area contributed by atoms with Gasteiger partial charge in [0.15, 0.2) is 5.65 Å². The highest BCUT2D eigenvalue weighted by Crippen LogP contribution is 2.17. The average Bonchev–Trinajstić information content (AvgIpc) is 2.91. The summed E-state index contributed by atoms with van der Waals surface area (Å²) in [4.78, 5) is 2.38. The number of anilines is 1. The number of fused-ring (bicyclic) bond motifs is 1. The number of aromatic nitrogens is 3. The zero-order valence-corrected chi connectivity index (χ0v) is 11.9. The standard InChI is InChI=1S/C14H21N5O/c1-20-10-2-3-13-16-17-14-11-12(4-7-19(13)14)18-8-5-15-6-9-18/h4,7,11,15H,2-3,5-6,8-10H2,1H3. The molecule has 1 N–H and O–H groups in total. The van der Waals surface area contributed by atoms with E-state index >= 15 is 0 Å². The van der Waals surface area contributed by atoms with Crippen LogP contribution in [0.15, 0.2) is 18.3 Å². The lowest BCUT2D eigenvalue weighted by molar-refractivity contribution is 0.194. The van der Waals surface area contributed by atoms with E-state index in [9.17, 15) is 0 Å². The molecule has 6 nitrogen and oxygen atoms in total. The van der Waals surface area contributed by atoms with E-state index in [4.69, 9.17) is 4.74 Å². The number of pyridine rings is 1. The van der Waals surface area contributed by atoms with E-state index in [0.29, 0.717) is 0 Å². The highest BCUT2D eigenvalue weighted by molar-refractivity contribution is 5.56. The van der Waals surface area contributed by atoms with Gasteiger partial charge in [0, 0.05) is 64.3 Å². The molecule has 3 rings (SSSR count). The van der Waals surface area contributed by atoms with Crippen molar-refractivity contribution >= 4 is 11.3 Å². The van der Waals surface area contributed by atoms with Crippen molar-refractivity contribution in [2.75, 3.05) is 44.8 Å². The van der Waals surface area contributed by atoms with Crippen LogP contribution in [0.5, 0.6) is 0 Å². The number of methoxy groups -OCH3 is 1. The van der Waals surface area contributed by atoms with Crippen LogP contribution in [0.25, 0.3) is 5.65 Å². The van der Waals surface area contributed by atoms with Crippen molar-refractivity contribution in [3.05, 3.63) is 24.2 Å². The number of ether oxygens (including phenoxy) is 1. The van der Waals surface area contributed by atoms with Crippen molar-refractivity contribution in [3.8, 4) is 0 Å². The Balaban J connectivity index is 1.78. The number of rotatable bonds is 5. The van der Waals surface area contributed by atoms with Crippen molar-refractivity contribution in [1.82, 2.24) is 19.9 Å². The quantitative estimate of drug-likeness (QED) is 0.815. The number of piperazine rings is 1. The Morgan fingerprint density at radius 2 is 2.15 bits per heavy atom. The van der Waals surface area contributed by atoms with E-state index < -0.39 is 0 Å². The lowest BCUT2D eigenvalue weighted by Gasteiger charge is -2.29. The summed E-state index contributed by atoms with van der Waals surface area (Å²) in [6.07, 6.45) is 3.94. The highest BCUT2D eigenvalue weighted by Gasteiger charge is 2.12. The van der Waals surface area contributed by atoms with E-state index in [1.807, 2.05) is 0 Å². The minimum absolute atomic E-state index is 0.758. The molecule has 0 atom stereocenters. The van der Waals surface area contributed by atoms with Gasteiger partial charge in [0.2, 0.25) is 0 Å². The first kappa shape index (κ1) is 13.3. The van der Waals surface area contributed by atoms with E-state index in [1.165, 1.54) is 5.69 Å². The molecule has 0 saturated carbocycles. The fraction of sp³-hybridized carbons (Fsp3) is 0.571. The number of aryl methyl sites for hydroxylation is 1. The van der Waals surface area contributed by atoms with Crippen LogP contribution in [-0.2, 0) is 11.2 Å². The van der Waals surface area contributed by atoms with Crippen LogP contribution < -0.4 is 10.2 Å². The molecule has 1 aliphatic heterocycles. The lowest BCUT2D eigenvalue weighted by Crippen LogP contribution is -2.43. The zero-order chi connectivity index (χ0) is 13.8. The van der Waals surface area contributed by atoms with Crippen LogP contribution in [0, 0.1) is 0 Å². The predicted octanol–water partition coefficient (Wildman–Crippen LogP) is 0.718. The minimum atomic E-state index is 0.758. The van der Waals surface area contributed by atoms with Gasteiger partial charge in [-0.2, -0.15) is 0 Å². The predicted molar refractivity (Wildman–Crippen MR) is 78.3 cm³/mol. The maximum absolute atomic E-state index is 5.08. The summed E-state index contributed by atoms with van der Waals surface area (Å²) in [5.41, 5.74) is 2.16.